The lowest BCUT2D eigenvalue weighted by Gasteiger charge is -2.39. The first-order valence-electron chi connectivity index (χ1n) is 12.6. The maximum absolute atomic E-state index is 13.2. The van der Waals surface area contributed by atoms with Crippen molar-refractivity contribution in [3.8, 4) is 11.1 Å². The van der Waals surface area contributed by atoms with Gasteiger partial charge in [0, 0.05) is 49.4 Å². The summed E-state index contributed by atoms with van der Waals surface area (Å²) in [5, 5.41) is 6.22. The first-order chi connectivity index (χ1) is 18.2. The van der Waals surface area contributed by atoms with E-state index in [0.29, 0.717) is 30.3 Å². The summed E-state index contributed by atoms with van der Waals surface area (Å²) in [6.45, 7) is 10.8. The summed E-state index contributed by atoms with van der Waals surface area (Å²) in [6.07, 6.45) is 4.60. The van der Waals surface area contributed by atoms with E-state index in [-0.39, 0.29) is 23.4 Å². The van der Waals surface area contributed by atoms with Crippen molar-refractivity contribution in [3.63, 3.8) is 0 Å². The normalized spacial score (nSPS) is 13.4. The van der Waals surface area contributed by atoms with Gasteiger partial charge >= 0.3 is 0 Å². The number of aliphatic imine (C=N–C) groups is 1. The number of rotatable bonds is 8. The molecule has 8 nitrogen and oxygen atoms in total. The summed E-state index contributed by atoms with van der Waals surface area (Å²) in [7, 11) is 1.67. The predicted octanol–water partition coefficient (Wildman–Crippen LogP) is 4.58. The van der Waals surface area contributed by atoms with Crippen LogP contribution in [0.3, 0.4) is 0 Å². The second-order valence-corrected chi connectivity index (χ2v) is 9.83. The molecule has 1 aliphatic rings. The van der Waals surface area contributed by atoms with Gasteiger partial charge in [0.2, 0.25) is 5.91 Å². The lowest BCUT2D eigenvalue weighted by molar-refractivity contribution is -0.129. The molecule has 1 fully saturated rings. The second-order valence-electron chi connectivity index (χ2n) is 9.83. The summed E-state index contributed by atoms with van der Waals surface area (Å²) in [4.78, 5) is 46.0. The van der Waals surface area contributed by atoms with Crippen molar-refractivity contribution < 1.29 is 9.59 Å². The first kappa shape index (κ1) is 26.6. The molecule has 2 heterocycles. The summed E-state index contributed by atoms with van der Waals surface area (Å²) in [5.74, 6) is 0.0392. The standard InChI is InChI=1S/C30H33N5O3/c1-6-28(36)35-16-25(17-35)33-27-13-23(15-32-30(27)38)21-10-20(14-31-5)11-22(12-21)29(37)34-24-7-8-26(18(2)3)19(4)9-24/h6-15,18,25,33H,1,16-17H2,2-5H3,(H,32,38)(H,34,37). The number of amides is 2. The molecular weight excluding hydrogens is 478 g/mol. The van der Waals surface area contributed by atoms with E-state index < -0.39 is 0 Å². The number of anilines is 2. The van der Waals surface area contributed by atoms with Gasteiger partial charge in [-0.1, -0.05) is 26.5 Å². The largest absolute Gasteiger partial charge is 0.374 e. The number of carbonyl (C=O) groups excluding carboxylic acids is 2. The molecular formula is C30H33N5O3. The highest BCUT2D eigenvalue weighted by Crippen LogP contribution is 2.26. The van der Waals surface area contributed by atoms with Crippen LogP contribution in [-0.2, 0) is 4.79 Å². The van der Waals surface area contributed by atoms with Crippen LogP contribution in [-0.4, -0.2) is 54.1 Å². The molecule has 3 aromatic rings. The van der Waals surface area contributed by atoms with Crippen LogP contribution in [0.15, 0.2) is 71.1 Å². The molecule has 0 atom stereocenters. The van der Waals surface area contributed by atoms with E-state index in [2.05, 4.69) is 41.0 Å². The number of benzene rings is 2. The van der Waals surface area contributed by atoms with Crippen LogP contribution in [0.5, 0.6) is 0 Å². The van der Waals surface area contributed by atoms with Gasteiger partial charge in [-0.15, -0.1) is 0 Å². The van der Waals surface area contributed by atoms with Crippen molar-refractivity contribution in [1.29, 1.82) is 0 Å². The van der Waals surface area contributed by atoms with Crippen LogP contribution in [0.4, 0.5) is 11.4 Å². The van der Waals surface area contributed by atoms with E-state index >= 15 is 0 Å². The zero-order chi connectivity index (χ0) is 27.4. The number of carbonyl (C=O) groups is 2. The fourth-order valence-corrected chi connectivity index (χ4v) is 4.63. The third-order valence-corrected chi connectivity index (χ3v) is 6.61. The molecule has 0 saturated carbocycles. The Bertz CT molecular complexity index is 1460. The maximum Gasteiger partial charge on any atom is 0.271 e. The number of nitrogens with zero attached hydrogens (tertiary/aromatic N) is 2. The Morgan fingerprint density at radius 3 is 2.55 bits per heavy atom. The van der Waals surface area contributed by atoms with Gasteiger partial charge in [-0.3, -0.25) is 19.4 Å². The van der Waals surface area contributed by atoms with Crippen LogP contribution in [0.25, 0.3) is 11.1 Å². The minimum atomic E-state index is -0.258. The van der Waals surface area contributed by atoms with Crippen molar-refractivity contribution in [2.45, 2.75) is 32.7 Å². The number of H-pyrrole nitrogens is 1. The lowest BCUT2D eigenvalue weighted by atomic mass is 9.97. The van der Waals surface area contributed by atoms with Gasteiger partial charge in [-0.05, 0) is 77.6 Å². The molecule has 0 bridgehead atoms. The Morgan fingerprint density at radius 1 is 1.13 bits per heavy atom. The highest BCUT2D eigenvalue weighted by molar-refractivity contribution is 6.06. The molecule has 38 heavy (non-hydrogen) atoms. The molecule has 196 valence electrons. The molecule has 1 aliphatic heterocycles. The smallest absolute Gasteiger partial charge is 0.271 e. The maximum atomic E-state index is 13.2. The van der Waals surface area contributed by atoms with Crippen molar-refractivity contribution >= 4 is 29.4 Å². The zero-order valence-electron chi connectivity index (χ0n) is 22.2. The molecule has 0 unspecified atom stereocenters. The Balaban J connectivity index is 1.59. The highest BCUT2D eigenvalue weighted by Gasteiger charge is 2.29. The first-order valence-corrected chi connectivity index (χ1v) is 12.6. The van der Waals surface area contributed by atoms with Crippen molar-refractivity contribution in [2.24, 2.45) is 4.99 Å². The molecule has 2 amide bonds. The molecule has 4 rings (SSSR count). The number of aryl methyl sites for hydroxylation is 1. The van der Waals surface area contributed by atoms with E-state index in [0.717, 1.165) is 27.9 Å². The average Bonchev–Trinajstić information content (AvgIpc) is 2.86. The summed E-state index contributed by atoms with van der Waals surface area (Å²) in [6, 6.07) is 13.2. The van der Waals surface area contributed by atoms with Crippen molar-refractivity contribution in [2.75, 3.05) is 30.8 Å². The molecule has 0 radical (unpaired) electrons. The van der Waals surface area contributed by atoms with Crippen LogP contribution in [0.1, 0.15) is 46.8 Å². The van der Waals surface area contributed by atoms with Gasteiger partial charge in [-0.25, -0.2) is 0 Å². The number of hydrogen-bond donors (Lipinski definition) is 3. The molecule has 1 aromatic heterocycles. The van der Waals surface area contributed by atoms with E-state index in [4.69, 9.17) is 0 Å². The number of pyridine rings is 1. The van der Waals surface area contributed by atoms with Gasteiger partial charge in [-0.2, -0.15) is 0 Å². The van der Waals surface area contributed by atoms with Crippen LogP contribution >= 0.6 is 0 Å². The molecule has 3 N–H and O–H groups in total. The van der Waals surface area contributed by atoms with E-state index in [1.54, 1.807) is 42.6 Å². The summed E-state index contributed by atoms with van der Waals surface area (Å²) < 4.78 is 0. The monoisotopic (exact) mass is 511 g/mol. The van der Waals surface area contributed by atoms with Gasteiger partial charge in [0.1, 0.15) is 5.69 Å². The Labute approximate surface area is 222 Å². The SMILES string of the molecule is C=CC(=O)N1CC(Nc2cc(-c3cc(C=NC)cc(C(=O)Nc4ccc(C(C)C)c(C)c4)c3)c[nH]c2=O)C1. The van der Waals surface area contributed by atoms with E-state index in [9.17, 15) is 14.4 Å². The minimum absolute atomic E-state index is 0.0271. The topological polar surface area (TPSA) is 107 Å². The summed E-state index contributed by atoms with van der Waals surface area (Å²) in [5.41, 5.74) is 5.98. The Hall–Kier alpha value is -4.46. The molecule has 0 spiro atoms. The molecule has 0 aliphatic carbocycles. The van der Waals surface area contributed by atoms with Gasteiger partial charge in [0.25, 0.3) is 11.5 Å². The number of hydrogen-bond acceptors (Lipinski definition) is 5. The van der Waals surface area contributed by atoms with Crippen LogP contribution in [0, 0.1) is 6.92 Å². The van der Waals surface area contributed by atoms with Gasteiger partial charge in [0.05, 0.1) is 6.04 Å². The quantitative estimate of drug-likeness (QED) is 0.304. The number of nitrogens with one attached hydrogen (secondary N) is 3. The molecule has 1 saturated heterocycles. The van der Waals surface area contributed by atoms with E-state index in [1.165, 1.54) is 11.6 Å². The van der Waals surface area contributed by atoms with Crippen LogP contribution in [0.2, 0.25) is 0 Å². The van der Waals surface area contributed by atoms with Crippen molar-refractivity contribution in [1.82, 2.24) is 9.88 Å². The Kier molecular flexibility index (Phi) is 7.90. The fourth-order valence-electron chi connectivity index (χ4n) is 4.63. The second kappa shape index (κ2) is 11.3. The fraction of sp³-hybridized carbons (Fsp3) is 0.267. The molecule has 2 aromatic carbocycles. The number of likely N-dealkylation sites (tertiary alicyclic amines) is 1. The highest BCUT2D eigenvalue weighted by atomic mass is 16.2. The zero-order valence-corrected chi connectivity index (χ0v) is 22.2. The third-order valence-electron chi connectivity index (χ3n) is 6.61. The number of aromatic amines is 1. The Morgan fingerprint density at radius 2 is 1.89 bits per heavy atom. The minimum Gasteiger partial charge on any atom is -0.374 e. The van der Waals surface area contributed by atoms with Crippen molar-refractivity contribution in [3.05, 3.63) is 93.9 Å². The van der Waals surface area contributed by atoms with E-state index in [1.807, 2.05) is 31.2 Å². The summed E-state index contributed by atoms with van der Waals surface area (Å²) >= 11 is 0. The number of aromatic nitrogens is 1. The molecule has 8 heteroatoms. The van der Waals surface area contributed by atoms with Gasteiger partial charge in [0.15, 0.2) is 0 Å². The van der Waals surface area contributed by atoms with Gasteiger partial charge < -0.3 is 20.5 Å². The van der Waals surface area contributed by atoms with Crippen LogP contribution < -0.4 is 16.2 Å². The average molecular weight is 512 g/mol. The third kappa shape index (κ3) is 5.91. The lowest BCUT2D eigenvalue weighted by Crippen LogP contribution is -2.56. The predicted molar refractivity (Wildman–Crippen MR) is 153 cm³/mol.